The van der Waals surface area contributed by atoms with Crippen LogP contribution in [0, 0.1) is 5.82 Å². The first-order valence-corrected chi connectivity index (χ1v) is 11.3. The van der Waals surface area contributed by atoms with Crippen molar-refractivity contribution in [2.75, 3.05) is 39.0 Å². The van der Waals surface area contributed by atoms with Crippen molar-refractivity contribution in [1.82, 2.24) is 14.9 Å². The third-order valence-electron chi connectivity index (χ3n) is 4.13. The minimum absolute atomic E-state index is 0.102. The number of rotatable bonds is 12. The van der Waals surface area contributed by atoms with Crippen LogP contribution >= 0.6 is 0 Å². The second-order valence-corrected chi connectivity index (χ2v) is 8.69. The third kappa shape index (κ3) is 8.88. The summed E-state index contributed by atoms with van der Waals surface area (Å²) in [5.41, 5.74) is 0. The van der Waals surface area contributed by atoms with Crippen LogP contribution in [0.1, 0.15) is 33.6 Å². The smallest absolute Gasteiger partial charge is 0.213 e. The fourth-order valence-electron chi connectivity index (χ4n) is 2.39. The van der Waals surface area contributed by atoms with Crippen molar-refractivity contribution < 1.29 is 17.5 Å². The topological polar surface area (TPSA) is 83.0 Å². The summed E-state index contributed by atoms with van der Waals surface area (Å²) in [7, 11) is -1.56. The maximum absolute atomic E-state index is 13.3. The number of nitrogens with one attached hydrogen (secondary N) is 2. The number of aliphatic imine (C=N–C) groups is 1. The lowest BCUT2D eigenvalue weighted by atomic mass is 10.2. The Bertz CT molecular complexity index is 713. The number of hydrogen-bond acceptors (Lipinski definition) is 4. The zero-order valence-electron chi connectivity index (χ0n) is 17.2. The lowest BCUT2D eigenvalue weighted by Crippen LogP contribution is -2.40. The first-order chi connectivity index (χ1) is 13.3. The molecule has 28 heavy (non-hydrogen) atoms. The summed E-state index contributed by atoms with van der Waals surface area (Å²) in [6.07, 6.45) is 1.23. The molecule has 1 rings (SSSR count). The van der Waals surface area contributed by atoms with Crippen molar-refractivity contribution in [3.05, 3.63) is 30.1 Å². The Balaban J connectivity index is 2.53. The van der Waals surface area contributed by atoms with Gasteiger partial charge in [-0.15, -0.1) is 0 Å². The van der Waals surface area contributed by atoms with Crippen molar-refractivity contribution in [2.45, 2.75) is 39.7 Å². The SMILES string of the molecule is CCNC(=NCC(CC)Oc1cccc(F)c1)NCCCN(C)S(=O)(=O)CC. The van der Waals surface area contributed by atoms with Crippen LogP contribution in [0.3, 0.4) is 0 Å². The Kier molecular flexibility index (Phi) is 10.8. The molecule has 0 spiro atoms. The van der Waals surface area contributed by atoms with E-state index in [-0.39, 0.29) is 17.7 Å². The summed E-state index contributed by atoms with van der Waals surface area (Å²) in [4.78, 5) is 4.53. The summed E-state index contributed by atoms with van der Waals surface area (Å²) in [5.74, 6) is 0.899. The lowest BCUT2D eigenvalue weighted by Gasteiger charge is -2.18. The van der Waals surface area contributed by atoms with E-state index in [4.69, 9.17) is 4.74 Å². The molecule has 0 aliphatic heterocycles. The molecule has 7 nitrogen and oxygen atoms in total. The van der Waals surface area contributed by atoms with Crippen molar-refractivity contribution in [2.24, 2.45) is 4.99 Å². The van der Waals surface area contributed by atoms with Crippen molar-refractivity contribution in [3.8, 4) is 5.75 Å². The van der Waals surface area contributed by atoms with Crippen molar-refractivity contribution >= 4 is 16.0 Å². The molecular formula is C19H33FN4O3S. The Hall–Kier alpha value is -1.87. The molecule has 0 aromatic heterocycles. The van der Waals surface area contributed by atoms with Gasteiger partial charge >= 0.3 is 0 Å². The number of ether oxygens (including phenoxy) is 1. The van der Waals surface area contributed by atoms with Gasteiger partial charge < -0.3 is 15.4 Å². The molecule has 1 aromatic carbocycles. The Morgan fingerprint density at radius 3 is 2.64 bits per heavy atom. The maximum Gasteiger partial charge on any atom is 0.213 e. The summed E-state index contributed by atoms with van der Waals surface area (Å²) < 4.78 is 44.0. The molecule has 2 N–H and O–H groups in total. The zero-order valence-corrected chi connectivity index (χ0v) is 18.1. The molecule has 0 fully saturated rings. The molecule has 9 heteroatoms. The number of halogens is 1. The van der Waals surface area contributed by atoms with Gasteiger partial charge in [-0.1, -0.05) is 13.0 Å². The zero-order chi connectivity index (χ0) is 21.0. The molecule has 0 radical (unpaired) electrons. The fraction of sp³-hybridized carbons (Fsp3) is 0.632. The molecule has 1 aromatic rings. The highest BCUT2D eigenvalue weighted by Gasteiger charge is 2.14. The second kappa shape index (κ2) is 12.6. The standard InChI is InChI=1S/C19H33FN4O3S/c1-5-17(27-18-11-8-10-16(20)14-18)15-23-19(21-6-2)22-12-9-13-24(4)28(25,26)7-3/h8,10-11,14,17H,5-7,9,12-13,15H2,1-4H3,(H2,21,22,23). The monoisotopic (exact) mass is 416 g/mol. The first-order valence-electron chi connectivity index (χ1n) is 9.70. The van der Waals surface area contributed by atoms with Gasteiger partial charge in [-0.3, -0.25) is 0 Å². The van der Waals surface area contributed by atoms with Gasteiger partial charge in [0.15, 0.2) is 5.96 Å². The van der Waals surface area contributed by atoms with Crippen LogP contribution in [0.2, 0.25) is 0 Å². The molecule has 160 valence electrons. The first kappa shape index (κ1) is 24.2. The van der Waals surface area contributed by atoms with Gasteiger partial charge in [0, 0.05) is 32.7 Å². The highest BCUT2D eigenvalue weighted by molar-refractivity contribution is 7.89. The van der Waals surface area contributed by atoms with E-state index in [0.29, 0.717) is 44.3 Å². The number of hydrogen-bond donors (Lipinski definition) is 2. The highest BCUT2D eigenvalue weighted by Crippen LogP contribution is 2.15. The van der Waals surface area contributed by atoms with E-state index in [1.165, 1.54) is 16.4 Å². The predicted molar refractivity (Wildman–Crippen MR) is 112 cm³/mol. The van der Waals surface area contributed by atoms with E-state index < -0.39 is 10.0 Å². The molecule has 1 unspecified atom stereocenters. The largest absolute Gasteiger partial charge is 0.488 e. The van der Waals surface area contributed by atoms with E-state index in [1.807, 2.05) is 13.8 Å². The van der Waals surface area contributed by atoms with E-state index in [9.17, 15) is 12.8 Å². The van der Waals surface area contributed by atoms with E-state index in [2.05, 4.69) is 15.6 Å². The third-order valence-corrected chi connectivity index (χ3v) is 6.00. The number of nitrogens with zero attached hydrogens (tertiary/aromatic N) is 2. The van der Waals surface area contributed by atoms with E-state index in [0.717, 1.165) is 6.42 Å². The second-order valence-electron chi connectivity index (χ2n) is 6.33. The molecule has 0 saturated heterocycles. The normalized spacial score (nSPS) is 13.4. The minimum Gasteiger partial charge on any atom is -0.488 e. The predicted octanol–water partition coefficient (Wildman–Crippen LogP) is 2.21. The molecule has 0 bridgehead atoms. The van der Waals surface area contributed by atoms with Crippen LogP contribution in [0.5, 0.6) is 5.75 Å². The van der Waals surface area contributed by atoms with Gasteiger partial charge in [-0.2, -0.15) is 0 Å². The highest BCUT2D eigenvalue weighted by atomic mass is 32.2. The molecule has 0 heterocycles. The van der Waals surface area contributed by atoms with Crippen LogP contribution in [0.25, 0.3) is 0 Å². The molecule has 0 saturated carbocycles. The lowest BCUT2D eigenvalue weighted by molar-refractivity contribution is 0.205. The van der Waals surface area contributed by atoms with E-state index >= 15 is 0 Å². The van der Waals surface area contributed by atoms with Crippen LogP contribution in [0.15, 0.2) is 29.3 Å². The average molecular weight is 417 g/mol. The summed E-state index contributed by atoms with van der Waals surface area (Å²) in [6, 6.07) is 6.07. The van der Waals surface area contributed by atoms with Crippen LogP contribution in [0.4, 0.5) is 4.39 Å². The Morgan fingerprint density at radius 1 is 1.29 bits per heavy atom. The molecule has 0 aliphatic rings. The van der Waals surface area contributed by atoms with Gasteiger partial charge in [0.2, 0.25) is 10.0 Å². The number of benzene rings is 1. The molecule has 0 amide bonds. The summed E-state index contributed by atoms with van der Waals surface area (Å²) in [5, 5.41) is 6.36. The molecular weight excluding hydrogens is 383 g/mol. The van der Waals surface area contributed by atoms with Crippen molar-refractivity contribution in [1.29, 1.82) is 0 Å². The molecule has 0 aliphatic carbocycles. The Labute approximate surface area is 168 Å². The van der Waals surface area contributed by atoms with Gasteiger partial charge in [-0.25, -0.2) is 22.1 Å². The van der Waals surface area contributed by atoms with Crippen molar-refractivity contribution in [3.63, 3.8) is 0 Å². The van der Waals surface area contributed by atoms with Gasteiger partial charge in [0.25, 0.3) is 0 Å². The van der Waals surface area contributed by atoms with Gasteiger partial charge in [0.05, 0.1) is 12.3 Å². The molecule has 1 atom stereocenters. The number of sulfonamides is 1. The van der Waals surface area contributed by atoms with Gasteiger partial charge in [0.1, 0.15) is 17.7 Å². The van der Waals surface area contributed by atoms with Crippen LogP contribution in [-0.4, -0.2) is 63.8 Å². The number of guanidine groups is 1. The average Bonchev–Trinajstić information content (AvgIpc) is 2.67. The van der Waals surface area contributed by atoms with Crippen LogP contribution < -0.4 is 15.4 Å². The summed E-state index contributed by atoms with van der Waals surface area (Å²) in [6.45, 7) is 7.77. The minimum atomic E-state index is -3.15. The van der Waals surface area contributed by atoms with Crippen LogP contribution in [-0.2, 0) is 10.0 Å². The fourth-order valence-corrected chi connectivity index (χ4v) is 3.23. The van der Waals surface area contributed by atoms with Gasteiger partial charge in [-0.05, 0) is 38.8 Å². The summed E-state index contributed by atoms with van der Waals surface area (Å²) >= 11 is 0. The quantitative estimate of drug-likeness (QED) is 0.310. The Morgan fingerprint density at radius 2 is 2.04 bits per heavy atom. The van der Waals surface area contributed by atoms with E-state index in [1.54, 1.807) is 26.1 Å². The maximum atomic E-state index is 13.3.